The Hall–Kier alpha value is -2.91. The number of piperazine rings is 1. The SMILES string of the molecule is CCC(=O)N1CCN(C(=O)[C@H](NC(=O)c2ccccc2Cl)S(=O)(=O)c2ccccc2)CC1. The van der Waals surface area contributed by atoms with Crippen LogP contribution in [0.4, 0.5) is 0 Å². The molecule has 1 fully saturated rings. The molecule has 1 aliphatic heterocycles. The van der Waals surface area contributed by atoms with Crippen molar-refractivity contribution < 1.29 is 22.8 Å². The molecule has 32 heavy (non-hydrogen) atoms. The van der Waals surface area contributed by atoms with E-state index < -0.39 is 27.0 Å². The van der Waals surface area contributed by atoms with Gasteiger partial charge < -0.3 is 15.1 Å². The standard InChI is InChI=1S/C22H24ClN3O5S/c1-2-19(27)25-12-14-26(15-13-25)22(29)21(32(30,31)16-8-4-3-5-9-16)24-20(28)17-10-6-7-11-18(17)23/h3-11,21H,2,12-15H2,1H3,(H,24,28)/t21-/m1/s1. The van der Waals surface area contributed by atoms with Crippen molar-refractivity contribution >= 4 is 39.2 Å². The van der Waals surface area contributed by atoms with Gasteiger partial charge in [-0.1, -0.05) is 48.9 Å². The third-order valence-electron chi connectivity index (χ3n) is 5.23. The van der Waals surface area contributed by atoms with Gasteiger partial charge in [-0.2, -0.15) is 0 Å². The fourth-order valence-corrected chi connectivity index (χ4v) is 5.13. The van der Waals surface area contributed by atoms with Gasteiger partial charge in [-0.25, -0.2) is 8.42 Å². The third kappa shape index (κ3) is 5.11. The number of hydrogen-bond donors (Lipinski definition) is 1. The van der Waals surface area contributed by atoms with Gasteiger partial charge in [-0.15, -0.1) is 0 Å². The van der Waals surface area contributed by atoms with Gasteiger partial charge in [0.05, 0.1) is 15.5 Å². The van der Waals surface area contributed by atoms with Crippen molar-refractivity contribution in [3.63, 3.8) is 0 Å². The molecule has 0 aliphatic carbocycles. The van der Waals surface area contributed by atoms with Gasteiger partial charge in [0.2, 0.25) is 21.1 Å². The number of nitrogens with one attached hydrogen (secondary N) is 1. The number of nitrogens with zero attached hydrogens (tertiary/aromatic N) is 2. The summed E-state index contributed by atoms with van der Waals surface area (Å²) in [6, 6.07) is 13.7. The summed E-state index contributed by atoms with van der Waals surface area (Å²) in [7, 11) is -4.25. The molecule has 10 heteroatoms. The van der Waals surface area contributed by atoms with E-state index in [9.17, 15) is 22.8 Å². The molecule has 1 saturated heterocycles. The van der Waals surface area contributed by atoms with Gasteiger partial charge >= 0.3 is 0 Å². The van der Waals surface area contributed by atoms with Crippen LogP contribution in [0.15, 0.2) is 59.5 Å². The topological polar surface area (TPSA) is 104 Å². The number of rotatable bonds is 6. The fourth-order valence-electron chi connectivity index (χ4n) is 3.43. The minimum atomic E-state index is -4.25. The van der Waals surface area contributed by atoms with Gasteiger partial charge in [0.15, 0.2) is 0 Å². The molecule has 2 aromatic rings. The average molecular weight is 478 g/mol. The molecule has 0 spiro atoms. The maximum Gasteiger partial charge on any atom is 0.261 e. The molecule has 0 bridgehead atoms. The summed E-state index contributed by atoms with van der Waals surface area (Å²) < 4.78 is 26.7. The lowest BCUT2D eigenvalue weighted by Gasteiger charge is -2.36. The smallest absolute Gasteiger partial charge is 0.261 e. The molecule has 1 N–H and O–H groups in total. The van der Waals surface area contributed by atoms with E-state index in [-0.39, 0.29) is 34.5 Å². The number of benzene rings is 2. The van der Waals surface area contributed by atoms with Gasteiger partial charge in [0.1, 0.15) is 0 Å². The van der Waals surface area contributed by atoms with E-state index in [0.717, 1.165) is 0 Å². The number of carbonyl (C=O) groups is 3. The molecule has 1 aliphatic rings. The van der Waals surface area contributed by atoms with Crippen LogP contribution >= 0.6 is 11.6 Å². The fraction of sp³-hybridized carbons (Fsp3) is 0.318. The summed E-state index contributed by atoms with van der Waals surface area (Å²) >= 11 is 6.08. The highest BCUT2D eigenvalue weighted by Gasteiger charge is 2.39. The van der Waals surface area contributed by atoms with E-state index in [1.54, 1.807) is 42.2 Å². The highest BCUT2D eigenvalue weighted by Crippen LogP contribution is 2.20. The minimum Gasteiger partial charge on any atom is -0.339 e. The zero-order valence-corrected chi connectivity index (χ0v) is 19.1. The first-order valence-corrected chi connectivity index (χ1v) is 12.1. The van der Waals surface area contributed by atoms with Crippen LogP contribution in [0.1, 0.15) is 23.7 Å². The largest absolute Gasteiger partial charge is 0.339 e. The summed E-state index contributed by atoms with van der Waals surface area (Å²) in [6.45, 7) is 2.71. The normalized spacial score (nSPS) is 15.2. The minimum absolute atomic E-state index is 0.0300. The van der Waals surface area contributed by atoms with Crippen molar-refractivity contribution in [1.82, 2.24) is 15.1 Å². The molecular weight excluding hydrogens is 454 g/mol. The van der Waals surface area contributed by atoms with Gasteiger partial charge in [0, 0.05) is 32.6 Å². The molecule has 0 saturated carbocycles. The quantitative estimate of drug-likeness (QED) is 0.684. The van der Waals surface area contributed by atoms with E-state index >= 15 is 0 Å². The predicted octanol–water partition coefficient (Wildman–Crippen LogP) is 1.95. The lowest BCUT2D eigenvalue weighted by atomic mass is 10.2. The molecule has 0 unspecified atom stereocenters. The Kier molecular flexibility index (Phi) is 7.52. The van der Waals surface area contributed by atoms with Crippen molar-refractivity contribution in [2.24, 2.45) is 0 Å². The van der Waals surface area contributed by atoms with Crippen molar-refractivity contribution in [3.05, 3.63) is 65.2 Å². The van der Waals surface area contributed by atoms with Crippen LogP contribution in [-0.2, 0) is 19.4 Å². The van der Waals surface area contributed by atoms with E-state index in [4.69, 9.17) is 11.6 Å². The number of halogens is 1. The van der Waals surface area contributed by atoms with E-state index in [1.165, 1.54) is 29.2 Å². The van der Waals surface area contributed by atoms with Crippen LogP contribution in [0, 0.1) is 0 Å². The molecule has 1 atom stereocenters. The molecule has 170 valence electrons. The number of sulfone groups is 1. The Labute approximate surface area is 192 Å². The molecule has 0 radical (unpaired) electrons. The average Bonchev–Trinajstić information content (AvgIpc) is 2.82. The van der Waals surface area contributed by atoms with Crippen molar-refractivity contribution in [3.8, 4) is 0 Å². The second kappa shape index (κ2) is 10.1. The first kappa shape index (κ1) is 23.7. The number of amides is 3. The highest BCUT2D eigenvalue weighted by atomic mass is 35.5. The Morgan fingerprint density at radius 2 is 1.50 bits per heavy atom. The summed E-state index contributed by atoms with van der Waals surface area (Å²) in [4.78, 5) is 41.0. The first-order chi connectivity index (χ1) is 15.3. The van der Waals surface area contributed by atoms with E-state index in [1.807, 2.05) is 0 Å². The molecule has 0 aromatic heterocycles. The molecule has 3 rings (SSSR count). The van der Waals surface area contributed by atoms with Crippen LogP contribution in [0.5, 0.6) is 0 Å². The van der Waals surface area contributed by atoms with E-state index in [0.29, 0.717) is 19.5 Å². The Morgan fingerprint density at radius 1 is 0.938 bits per heavy atom. The molecule has 1 heterocycles. The summed E-state index contributed by atoms with van der Waals surface area (Å²) in [6.07, 6.45) is 0.354. The van der Waals surface area contributed by atoms with Crippen LogP contribution in [-0.4, -0.2) is 67.5 Å². The molecule has 3 amide bonds. The molecule has 8 nitrogen and oxygen atoms in total. The maximum absolute atomic E-state index is 13.3. The highest BCUT2D eigenvalue weighted by molar-refractivity contribution is 7.92. The number of carbonyl (C=O) groups excluding carboxylic acids is 3. The molecular formula is C22H24ClN3O5S. The lowest BCUT2D eigenvalue weighted by molar-refractivity contribution is -0.139. The first-order valence-electron chi connectivity index (χ1n) is 10.2. The second-order valence-electron chi connectivity index (χ2n) is 7.25. The van der Waals surface area contributed by atoms with Crippen LogP contribution in [0.3, 0.4) is 0 Å². The van der Waals surface area contributed by atoms with E-state index in [2.05, 4.69) is 5.32 Å². The Balaban J connectivity index is 1.89. The third-order valence-corrected chi connectivity index (χ3v) is 7.43. The van der Waals surface area contributed by atoms with Crippen LogP contribution in [0.25, 0.3) is 0 Å². The van der Waals surface area contributed by atoms with Crippen LogP contribution in [0.2, 0.25) is 5.02 Å². The van der Waals surface area contributed by atoms with Crippen molar-refractivity contribution in [1.29, 1.82) is 0 Å². The Morgan fingerprint density at radius 3 is 2.09 bits per heavy atom. The van der Waals surface area contributed by atoms with Gasteiger partial charge in [-0.05, 0) is 24.3 Å². The summed E-state index contributed by atoms with van der Waals surface area (Å²) in [5.41, 5.74) is 0.0635. The number of hydrogen-bond acceptors (Lipinski definition) is 5. The maximum atomic E-state index is 13.3. The predicted molar refractivity (Wildman–Crippen MR) is 120 cm³/mol. The lowest BCUT2D eigenvalue weighted by Crippen LogP contribution is -2.57. The van der Waals surface area contributed by atoms with Crippen molar-refractivity contribution in [2.75, 3.05) is 26.2 Å². The summed E-state index contributed by atoms with van der Waals surface area (Å²) in [5, 5.41) is 0.680. The molecule has 2 aromatic carbocycles. The zero-order chi connectivity index (χ0) is 23.3. The van der Waals surface area contributed by atoms with Crippen molar-refractivity contribution in [2.45, 2.75) is 23.6 Å². The monoisotopic (exact) mass is 477 g/mol. The van der Waals surface area contributed by atoms with Crippen LogP contribution < -0.4 is 5.32 Å². The second-order valence-corrected chi connectivity index (χ2v) is 9.69. The van der Waals surface area contributed by atoms with Gasteiger partial charge in [-0.3, -0.25) is 14.4 Å². The summed E-state index contributed by atoms with van der Waals surface area (Å²) in [5.74, 6) is -1.55. The zero-order valence-electron chi connectivity index (χ0n) is 17.5. The van der Waals surface area contributed by atoms with Gasteiger partial charge in [0.25, 0.3) is 11.8 Å². The Bertz CT molecular complexity index is 1100.